The molecule has 1 rings (SSSR count). The van der Waals surface area contributed by atoms with Crippen molar-refractivity contribution in [1.82, 2.24) is 4.90 Å². The molecule has 1 amide bonds. The minimum Gasteiger partial charge on any atom is -0.387 e. The molecular formula is C12H17FN2O. The van der Waals surface area contributed by atoms with Gasteiger partial charge in [-0.3, -0.25) is 4.79 Å². The molecule has 88 valence electrons. The number of anilines is 1. The average molecular weight is 224 g/mol. The van der Waals surface area contributed by atoms with Crippen molar-refractivity contribution >= 4 is 11.6 Å². The largest absolute Gasteiger partial charge is 0.387 e. The number of amides is 1. The van der Waals surface area contributed by atoms with E-state index in [2.05, 4.69) is 5.32 Å². The molecule has 0 saturated carbocycles. The van der Waals surface area contributed by atoms with E-state index in [-0.39, 0.29) is 5.91 Å². The summed E-state index contributed by atoms with van der Waals surface area (Å²) in [7, 11) is 1.71. The second kappa shape index (κ2) is 5.49. The fourth-order valence-electron chi connectivity index (χ4n) is 1.59. The average Bonchev–Trinajstić information content (AvgIpc) is 2.30. The van der Waals surface area contributed by atoms with Crippen LogP contribution in [0.15, 0.2) is 18.2 Å². The fraction of sp³-hybridized carbons (Fsp3) is 0.417. The molecule has 0 aliphatic carbocycles. The van der Waals surface area contributed by atoms with Crippen LogP contribution in [0.1, 0.15) is 24.2 Å². The summed E-state index contributed by atoms with van der Waals surface area (Å²) >= 11 is 0. The second-order valence-electron chi connectivity index (χ2n) is 3.42. The molecule has 3 nitrogen and oxygen atoms in total. The number of benzene rings is 1. The molecule has 0 heterocycles. The Morgan fingerprint density at radius 2 is 2.00 bits per heavy atom. The van der Waals surface area contributed by atoms with Gasteiger partial charge in [-0.15, -0.1) is 0 Å². The summed E-state index contributed by atoms with van der Waals surface area (Å²) in [6.07, 6.45) is 0. The third-order valence-corrected chi connectivity index (χ3v) is 2.53. The number of carbonyl (C=O) groups excluding carboxylic acids is 1. The zero-order valence-corrected chi connectivity index (χ0v) is 9.88. The molecule has 0 atom stereocenters. The van der Waals surface area contributed by atoms with Crippen molar-refractivity contribution in [2.45, 2.75) is 13.8 Å². The lowest BCUT2D eigenvalue weighted by atomic mass is 10.1. The van der Waals surface area contributed by atoms with E-state index in [1.54, 1.807) is 18.0 Å². The van der Waals surface area contributed by atoms with Gasteiger partial charge in [0, 0.05) is 25.8 Å². The third kappa shape index (κ3) is 2.51. The van der Waals surface area contributed by atoms with E-state index < -0.39 is 5.82 Å². The molecule has 16 heavy (non-hydrogen) atoms. The summed E-state index contributed by atoms with van der Waals surface area (Å²) in [6, 6.07) is 4.18. The Labute approximate surface area is 95.3 Å². The Bertz CT molecular complexity index is 375. The van der Waals surface area contributed by atoms with E-state index in [1.165, 1.54) is 12.1 Å². The van der Waals surface area contributed by atoms with Gasteiger partial charge in [-0.25, -0.2) is 4.39 Å². The van der Waals surface area contributed by atoms with Gasteiger partial charge >= 0.3 is 0 Å². The highest BCUT2D eigenvalue weighted by Crippen LogP contribution is 2.18. The molecule has 4 heteroatoms. The van der Waals surface area contributed by atoms with Gasteiger partial charge in [-0.1, -0.05) is 0 Å². The summed E-state index contributed by atoms with van der Waals surface area (Å²) < 4.78 is 13.1. The molecular weight excluding hydrogens is 207 g/mol. The standard InChI is InChI=1S/C12H17FN2O/c1-4-15(5-2)12(16)10-8-9(13)6-7-11(10)14-3/h6-8,14H,4-5H2,1-3H3. The van der Waals surface area contributed by atoms with Crippen molar-refractivity contribution in [2.75, 3.05) is 25.5 Å². The van der Waals surface area contributed by atoms with Crippen LogP contribution >= 0.6 is 0 Å². The Morgan fingerprint density at radius 3 is 2.50 bits per heavy atom. The van der Waals surface area contributed by atoms with Gasteiger partial charge in [0.2, 0.25) is 0 Å². The number of halogens is 1. The van der Waals surface area contributed by atoms with Gasteiger partial charge in [0.1, 0.15) is 5.82 Å². The van der Waals surface area contributed by atoms with E-state index in [0.29, 0.717) is 24.3 Å². The van der Waals surface area contributed by atoms with Crippen molar-refractivity contribution in [3.63, 3.8) is 0 Å². The first kappa shape index (κ1) is 12.5. The van der Waals surface area contributed by atoms with Crippen LogP contribution in [-0.4, -0.2) is 30.9 Å². The van der Waals surface area contributed by atoms with Gasteiger partial charge in [-0.2, -0.15) is 0 Å². The topological polar surface area (TPSA) is 32.3 Å². The van der Waals surface area contributed by atoms with Crippen LogP contribution in [0.5, 0.6) is 0 Å². The molecule has 0 bridgehead atoms. The van der Waals surface area contributed by atoms with Crippen LogP contribution < -0.4 is 5.32 Å². The number of nitrogens with zero attached hydrogens (tertiary/aromatic N) is 1. The smallest absolute Gasteiger partial charge is 0.256 e. The van der Waals surface area contributed by atoms with Gasteiger partial charge < -0.3 is 10.2 Å². The minimum absolute atomic E-state index is 0.145. The van der Waals surface area contributed by atoms with Gasteiger partial charge in [0.15, 0.2) is 0 Å². The number of carbonyl (C=O) groups is 1. The molecule has 0 fully saturated rings. The lowest BCUT2D eigenvalue weighted by Gasteiger charge is -2.20. The van der Waals surface area contributed by atoms with Crippen molar-refractivity contribution in [1.29, 1.82) is 0 Å². The highest BCUT2D eigenvalue weighted by Gasteiger charge is 2.16. The Kier molecular flexibility index (Phi) is 4.28. The van der Waals surface area contributed by atoms with Crippen LogP contribution in [0.3, 0.4) is 0 Å². The molecule has 0 spiro atoms. The monoisotopic (exact) mass is 224 g/mol. The molecule has 0 aliphatic rings. The predicted octanol–water partition coefficient (Wildman–Crippen LogP) is 2.35. The molecule has 0 unspecified atom stereocenters. The van der Waals surface area contributed by atoms with Crippen LogP contribution in [-0.2, 0) is 0 Å². The summed E-state index contributed by atoms with van der Waals surface area (Å²) in [5.74, 6) is -0.539. The first-order chi connectivity index (χ1) is 7.63. The number of hydrogen-bond acceptors (Lipinski definition) is 2. The summed E-state index contributed by atoms with van der Waals surface area (Å²) in [5, 5.41) is 2.89. The summed E-state index contributed by atoms with van der Waals surface area (Å²) in [6.45, 7) is 5.05. The Hall–Kier alpha value is -1.58. The maximum absolute atomic E-state index is 13.1. The summed E-state index contributed by atoms with van der Waals surface area (Å²) in [4.78, 5) is 13.7. The molecule has 1 aromatic carbocycles. The van der Waals surface area contributed by atoms with E-state index in [0.717, 1.165) is 0 Å². The second-order valence-corrected chi connectivity index (χ2v) is 3.42. The highest BCUT2D eigenvalue weighted by atomic mass is 19.1. The first-order valence-electron chi connectivity index (χ1n) is 5.40. The maximum Gasteiger partial charge on any atom is 0.256 e. The van der Waals surface area contributed by atoms with E-state index in [1.807, 2.05) is 13.8 Å². The quantitative estimate of drug-likeness (QED) is 0.851. The number of hydrogen-bond donors (Lipinski definition) is 1. The lowest BCUT2D eigenvalue weighted by molar-refractivity contribution is 0.0773. The Morgan fingerprint density at radius 1 is 1.38 bits per heavy atom. The van der Waals surface area contributed by atoms with Crippen molar-refractivity contribution in [2.24, 2.45) is 0 Å². The van der Waals surface area contributed by atoms with Crippen LogP contribution in [0.2, 0.25) is 0 Å². The fourth-order valence-corrected chi connectivity index (χ4v) is 1.59. The normalized spacial score (nSPS) is 10.0. The number of nitrogens with one attached hydrogen (secondary N) is 1. The van der Waals surface area contributed by atoms with Crippen LogP contribution in [0, 0.1) is 5.82 Å². The van der Waals surface area contributed by atoms with Crippen LogP contribution in [0.4, 0.5) is 10.1 Å². The minimum atomic E-state index is -0.394. The van der Waals surface area contributed by atoms with Crippen LogP contribution in [0.25, 0.3) is 0 Å². The third-order valence-electron chi connectivity index (χ3n) is 2.53. The van der Waals surface area contributed by atoms with E-state index in [4.69, 9.17) is 0 Å². The number of rotatable bonds is 4. The zero-order chi connectivity index (χ0) is 12.1. The lowest BCUT2D eigenvalue weighted by Crippen LogP contribution is -2.31. The highest BCUT2D eigenvalue weighted by molar-refractivity contribution is 5.99. The predicted molar refractivity (Wildman–Crippen MR) is 63.2 cm³/mol. The molecule has 1 N–H and O–H groups in total. The van der Waals surface area contributed by atoms with E-state index in [9.17, 15) is 9.18 Å². The van der Waals surface area contributed by atoms with Crippen molar-refractivity contribution < 1.29 is 9.18 Å². The summed E-state index contributed by atoms with van der Waals surface area (Å²) in [5.41, 5.74) is 1.03. The SMILES string of the molecule is CCN(CC)C(=O)c1cc(F)ccc1NC. The zero-order valence-electron chi connectivity index (χ0n) is 9.88. The van der Waals surface area contributed by atoms with Gasteiger partial charge in [0.05, 0.1) is 5.56 Å². The first-order valence-corrected chi connectivity index (χ1v) is 5.40. The Balaban J connectivity index is 3.10. The molecule has 0 radical (unpaired) electrons. The maximum atomic E-state index is 13.1. The van der Waals surface area contributed by atoms with Gasteiger partial charge in [0.25, 0.3) is 5.91 Å². The molecule has 0 aliphatic heterocycles. The van der Waals surface area contributed by atoms with E-state index >= 15 is 0 Å². The van der Waals surface area contributed by atoms with Crippen molar-refractivity contribution in [3.05, 3.63) is 29.6 Å². The molecule has 0 aromatic heterocycles. The van der Waals surface area contributed by atoms with Crippen molar-refractivity contribution in [3.8, 4) is 0 Å². The molecule has 0 saturated heterocycles. The molecule has 1 aromatic rings. The van der Waals surface area contributed by atoms with Gasteiger partial charge in [-0.05, 0) is 32.0 Å².